The summed E-state index contributed by atoms with van der Waals surface area (Å²) in [6.45, 7) is 3.75. The smallest absolute Gasteiger partial charge is 0.162 e. The van der Waals surface area contributed by atoms with Gasteiger partial charge in [0.25, 0.3) is 0 Å². The van der Waals surface area contributed by atoms with Crippen molar-refractivity contribution in [2.75, 3.05) is 33.7 Å². The van der Waals surface area contributed by atoms with Crippen LogP contribution in [0.4, 0.5) is 4.39 Å². The molecule has 1 aliphatic heterocycles. The number of aromatic amines is 2. The Balaban J connectivity index is 1.24. The maximum absolute atomic E-state index is 14.8. The SMILES string of the molecule is CN(C)CC(N)c1cc(F)cc(-c2ccnc3[nH]c(-c4n[nH]c5ccc(-c6cncc(CN7CCCCC7)c6)nc45)nc23)c1. The number of pyridine rings is 3. The van der Waals surface area contributed by atoms with Crippen LogP contribution in [0, 0.1) is 5.82 Å². The van der Waals surface area contributed by atoms with Crippen LogP contribution in [-0.4, -0.2) is 78.6 Å². The third-order valence-corrected chi connectivity index (χ3v) is 8.18. The van der Waals surface area contributed by atoms with Gasteiger partial charge in [-0.3, -0.25) is 15.0 Å². The number of fused-ring (bicyclic) bond motifs is 2. The number of hydrogen-bond donors (Lipinski definition) is 3. The third-order valence-electron chi connectivity index (χ3n) is 8.18. The van der Waals surface area contributed by atoms with E-state index < -0.39 is 0 Å². The minimum Gasteiger partial charge on any atom is -0.323 e. The van der Waals surface area contributed by atoms with Crippen LogP contribution < -0.4 is 5.73 Å². The van der Waals surface area contributed by atoms with Gasteiger partial charge in [-0.25, -0.2) is 19.3 Å². The zero-order valence-electron chi connectivity index (χ0n) is 24.9. The molecule has 224 valence electrons. The number of nitrogens with zero attached hydrogens (tertiary/aromatic N) is 7. The summed E-state index contributed by atoms with van der Waals surface area (Å²) >= 11 is 0. The van der Waals surface area contributed by atoms with Gasteiger partial charge in [0.1, 0.15) is 16.9 Å². The Morgan fingerprint density at radius 1 is 0.977 bits per heavy atom. The molecule has 1 saturated heterocycles. The molecule has 0 aliphatic carbocycles. The molecule has 10 nitrogen and oxygen atoms in total. The minimum atomic E-state index is -0.350. The summed E-state index contributed by atoms with van der Waals surface area (Å²) in [5.74, 6) is 0.172. The predicted molar refractivity (Wildman–Crippen MR) is 170 cm³/mol. The number of rotatable bonds is 8. The van der Waals surface area contributed by atoms with Crippen molar-refractivity contribution < 1.29 is 4.39 Å². The average Bonchev–Trinajstić information content (AvgIpc) is 3.65. The van der Waals surface area contributed by atoms with E-state index in [1.54, 1.807) is 6.20 Å². The van der Waals surface area contributed by atoms with Gasteiger partial charge in [-0.2, -0.15) is 5.10 Å². The summed E-state index contributed by atoms with van der Waals surface area (Å²) < 4.78 is 14.8. The average molecular weight is 591 g/mol. The topological polar surface area (TPSA) is 129 Å². The molecule has 1 aliphatic rings. The molecule has 1 aromatic carbocycles. The molecule has 0 bridgehead atoms. The lowest BCUT2D eigenvalue weighted by molar-refractivity contribution is 0.220. The summed E-state index contributed by atoms with van der Waals surface area (Å²) in [5.41, 5.74) is 14.7. The van der Waals surface area contributed by atoms with Crippen molar-refractivity contribution in [3.63, 3.8) is 0 Å². The molecule has 0 radical (unpaired) electrons. The standard InChI is InChI=1S/C33H35FN10/c1-43(2)19-26(35)22-13-21(14-24(34)15-22)25-8-9-37-32-29(25)39-33(40-32)31-30-28(41-42-31)7-6-27(38-30)23-12-20(16-36-17-23)18-44-10-4-3-5-11-44/h6-9,12-17,26H,3-5,10-11,18-19,35H2,1-2H3,(H,41,42)(H,37,39,40). The van der Waals surface area contributed by atoms with E-state index in [2.05, 4.69) is 36.1 Å². The number of H-pyrrole nitrogens is 2. The number of benzene rings is 1. The van der Waals surface area contributed by atoms with Gasteiger partial charge in [0.2, 0.25) is 0 Å². The first-order valence-electron chi connectivity index (χ1n) is 15.0. The predicted octanol–water partition coefficient (Wildman–Crippen LogP) is 5.31. The molecule has 1 unspecified atom stereocenters. The highest BCUT2D eigenvalue weighted by atomic mass is 19.1. The molecule has 1 fully saturated rings. The maximum atomic E-state index is 14.8. The van der Waals surface area contributed by atoms with Crippen LogP contribution in [0.5, 0.6) is 0 Å². The number of likely N-dealkylation sites (tertiary alicyclic amines) is 1. The van der Waals surface area contributed by atoms with Gasteiger partial charge in [-0.15, -0.1) is 0 Å². The number of nitrogens with two attached hydrogens (primary N) is 1. The van der Waals surface area contributed by atoms with E-state index >= 15 is 0 Å². The number of hydrogen-bond acceptors (Lipinski definition) is 8. The number of aromatic nitrogens is 7. The lowest BCUT2D eigenvalue weighted by atomic mass is 9.99. The normalized spacial score (nSPS) is 15.0. The Morgan fingerprint density at radius 3 is 2.68 bits per heavy atom. The second-order valence-electron chi connectivity index (χ2n) is 11.9. The van der Waals surface area contributed by atoms with Gasteiger partial charge in [-0.1, -0.05) is 6.42 Å². The molecular formula is C33H35FN10. The van der Waals surface area contributed by atoms with Crippen molar-refractivity contribution in [1.29, 1.82) is 0 Å². The highest BCUT2D eigenvalue weighted by Crippen LogP contribution is 2.32. The van der Waals surface area contributed by atoms with E-state index in [1.165, 1.54) is 37.0 Å². The van der Waals surface area contributed by atoms with E-state index in [1.807, 2.05) is 55.7 Å². The van der Waals surface area contributed by atoms with Crippen LogP contribution in [0.2, 0.25) is 0 Å². The molecule has 7 rings (SSSR count). The molecule has 4 N–H and O–H groups in total. The van der Waals surface area contributed by atoms with Gasteiger partial charge in [0.05, 0.1) is 11.2 Å². The minimum absolute atomic E-state index is 0.331. The monoisotopic (exact) mass is 590 g/mol. The fourth-order valence-electron chi connectivity index (χ4n) is 6.05. The van der Waals surface area contributed by atoms with E-state index in [0.717, 1.165) is 47.5 Å². The first kappa shape index (κ1) is 28.2. The summed E-state index contributed by atoms with van der Waals surface area (Å²) in [6.07, 6.45) is 9.29. The lowest BCUT2D eigenvalue weighted by Gasteiger charge is -2.26. The van der Waals surface area contributed by atoms with Crippen LogP contribution in [0.25, 0.3) is 56.1 Å². The fraction of sp³-hybridized carbons (Fsp3) is 0.303. The second-order valence-corrected chi connectivity index (χ2v) is 11.9. The Morgan fingerprint density at radius 2 is 1.84 bits per heavy atom. The number of nitrogens with one attached hydrogen (secondary N) is 2. The zero-order valence-corrected chi connectivity index (χ0v) is 24.9. The highest BCUT2D eigenvalue weighted by molar-refractivity contribution is 5.95. The summed E-state index contributed by atoms with van der Waals surface area (Å²) in [4.78, 5) is 26.7. The molecule has 0 saturated carbocycles. The molecule has 1 atom stereocenters. The van der Waals surface area contributed by atoms with E-state index in [-0.39, 0.29) is 11.9 Å². The van der Waals surface area contributed by atoms with Crippen molar-refractivity contribution in [2.45, 2.75) is 31.8 Å². The summed E-state index contributed by atoms with van der Waals surface area (Å²) in [5, 5.41) is 7.64. The Labute approximate surface area is 254 Å². The van der Waals surface area contributed by atoms with Crippen LogP contribution >= 0.6 is 0 Å². The highest BCUT2D eigenvalue weighted by Gasteiger charge is 2.19. The molecule has 0 spiro atoms. The zero-order chi connectivity index (χ0) is 30.2. The van der Waals surface area contributed by atoms with Gasteiger partial charge in [0, 0.05) is 48.8 Å². The van der Waals surface area contributed by atoms with Crippen LogP contribution in [0.3, 0.4) is 0 Å². The molecule has 6 aromatic rings. The summed E-state index contributed by atoms with van der Waals surface area (Å²) in [6, 6.07) is 12.5. The first-order chi connectivity index (χ1) is 21.4. The van der Waals surface area contributed by atoms with Crippen molar-refractivity contribution in [3.8, 4) is 33.9 Å². The maximum Gasteiger partial charge on any atom is 0.162 e. The lowest BCUT2D eigenvalue weighted by Crippen LogP contribution is -2.29. The summed E-state index contributed by atoms with van der Waals surface area (Å²) in [7, 11) is 3.89. The van der Waals surface area contributed by atoms with E-state index in [9.17, 15) is 4.39 Å². The quantitative estimate of drug-likeness (QED) is 0.218. The number of likely N-dealkylation sites (N-methyl/N-ethyl adjacent to an activating group) is 1. The Hall–Kier alpha value is -4.58. The van der Waals surface area contributed by atoms with Gasteiger partial charge < -0.3 is 15.6 Å². The Bertz CT molecular complexity index is 1940. The Kier molecular flexibility index (Phi) is 7.59. The molecule has 6 heterocycles. The van der Waals surface area contributed by atoms with Gasteiger partial charge >= 0.3 is 0 Å². The van der Waals surface area contributed by atoms with Gasteiger partial charge in [-0.05, 0) is 99.2 Å². The van der Waals surface area contributed by atoms with E-state index in [0.29, 0.717) is 40.3 Å². The number of imidazole rings is 1. The van der Waals surface area contributed by atoms with Crippen LogP contribution in [0.1, 0.15) is 36.4 Å². The van der Waals surface area contributed by atoms with Crippen molar-refractivity contribution >= 4 is 22.2 Å². The van der Waals surface area contributed by atoms with Crippen molar-refractivity contribution in [1.82, 2.24) is 44.9 Å². The largest absolute Gasteiger partial charge is 0.323 e. The first-order valence-corrected chi connectivity index (χ1v) is 15.0. The molecule has 11 heteroatoms. The van der Waals surface area contributed by atoms with Crippen LogP contribution in [-0.2, 0) is 6.54 Å². The fourth-order valence-corrected chi connectivity index (χ4v) is 6.05. The second kappa shape index (κ2) is 11.8. The number of piperidine rings is 1. The van der Waals surface area contributed by atoms with Crippen molar-refractivity contribution in [2.24, 2.45) is 5.73 Å². The molecule has 44 heavy (non-hydrogen) atoms. The van der Waals surface area contributed by atoms with E-state index in [4.69, 9.17) is 15.7 Å². The molecule has 5 aromatic heterocycles. The number of halogens is 1. The molecule has 0 amide bonds. The third kappa shape index (κ3) is 5.69. The molecular weight excluding hydrogens is 555 g/mol. The van der Waals surface area contributed by atoms with Gasteiger partial charge in [0.15, 0.2) is 17.2 Å². The van der Waals surface area contributed by atoms with Crippen molar-refractivity contribution in [3.05, 3.63) is 78.0 Å². The van der Waals surface area contributed by atoms with Crippen LogP contribution in [0.15, 0.2) is 61.1 Å².